The Balaban J connectivity index is 1.26. The second kappa shape index (κ2) is 12.9. The Kier molecular flexibility index (Phi) is 9.30. The molecule has 4 heterocycles. The van der Waals surface area contributed by atoms with Crippen LogP contribution in [-0.2, 0) is 28.9 Å². The maximum Gasteiger partial charge on any atom is 0.434 e. The van der Waals surface area contributed by atoms with Crippen molar-refractivity contribution in [3.05, 3.63) is 70.6 Å². The monoisotopic (exact) mass is 636 g/mol. The number of nitrogen functional groups attached to an aromatic ring is 1. The summed E-state index contributed by atoms with van der Waals surface area (Å²) in [5, 5.41) is 0. The maximum absolute atomic E-state index is 15.9. The van der Waals surface area contributed by atoms with Crippen LogP contribution in [0.4, 0.5) is 23.4 Å². The average Bonchev–Trinajstić information content (AvgIpc) is 3.38. The molecule has 1 atom stereocenters. The minimum Gasteiger partial charge on any atom is -0.383 e. The number of ketones is 2. The SMILES string of the molecule is [B]C(CCC(=O)CC)(C(C)=O)N1Cc2c(ccc(-c3ccc(CN4CCC(c5cnc(C(F)(F)F)cn5)CC4)c(N)n3)c2F)C1=O. The molecule has 2 radical (unpaired) electrons. The minimum atomic E-state index is -4.53. The number of carbonyl (C=O) groups is 3. The van der Waals surface area contributed by atoms with Crippen molar-refractivity contribution in [3.8, 4) is 11.3 Å². The van der Waals surface area contributed by atoms with E-state index in [0.717, 1.165) is 16.7 Å². The molecule has 0 aliphatic carbocycles. The number of alkyl halides is 3. The summed E-state index contributed by atoms with van der Waals surface area (Å²) in [6.07, 6.45) is -0.978. The Labute approximate surface area is 265 Å². The van der Waals surface area contributed by atoms with E-state index in [9.17, 15) is 27.6 Å². The first-order valence-corrected chi connectivity index (χ1v) is 15.0. The molecular weight excluding hydrogens is 603 g/mol. The van der Waals surface area contributed by atoms with Crippen LogP contribution in [0.3, 0.4) is 0 Å². The van der Waals surface area contributed by atoms with Crippen LogP contribution >= 0.6 is 0 Å². The van der Waals surface area contributed by atoms with Crippen LogP contribution in [0.25, 0.3) is 11.3 Å². The summed E-state index contributed by atoms with van der Waals surface area (Å²) < 4.78 is 54.3. The molecule has 0 saturated carbocycles. The van der Waals surface area contributed by atoms with Crippen LogP contribution in [0.15, 0.2) is 36.7 Å². The molecule has 2 aromatic heterocycles. The van der Waals surface area contributed by atoms with Gasteiger partial charge in [-0.2, -0.15) is 13.2 Å². The van der Waals surface area contributed by atoms with Gasteiger partial charge in [-0.25, -0.2) is 14.4 Å². The number of nitrogens with zero attached hydrogens (tertiary/aromatic N) is 5. The first kappa shape index (κ1) is 33.2. The number of pyridine rings is 1. The number of Topliss-reactive ketones (excluding diaryl/α,β-unsaturated/α-hetero) is 2. The molecule has 240 valence electrons. The lowest BCUT2D eigenvalue weighted by Gasteiger charge is -2.37. The number of carbonyl (C=O) groups excluding carboxylic acids is 3. The summed E-state index contributed by atoms with van der Waals surface area (Å²) in [6, 6.07) is 6.33. The third kappa shape index (κ3) is 6.53. The zero-order valence-corrected chi connectivity index (χ0v) is 25.5. The molecule has 1 saturated heterocycles. The number of halogens is 4. The highest BCUT2D eigenvalue weighted by Gasteiger charge is 2.44. The lowest BCUT2D eigenvalue weighted by molar-refractivity contribution is -0.141. The molecule has 2 aliphatic heterocycles. The van der Waals surface area contributed by atoms with Crippen molar-refractivity contribution < 1.29 is 31.9 Å². The van der Waals surface area contributed by atoms with E-state index in [4.69, 9.17) is 13.6 Å². The second-order valence-corrected chi connectivity index (χ2v) is 11.8. The number of amides is 1. The molecule has 5 rings (SSSR count). The summed E-state index contributed by atoms with van der Waals surface area (Å²) in [5.74, 6) is -1.65. The lowest BCUT2D eigenvalue weighted by atomic mass is 9.69. The highest BCUT2D eigenvalue weighted by molar-refractivity contribution is 6.30. The number of aromatic nitrogens is 3. The smallest absolute Gasteiger partial charge is 0.383 e. The van der Waals surface area contributed by atoms with E-state index in [1.54, 1.807) is 19.1 Å². The van der Waals surface area contributed by atoms with Crippen LogP contribution in [0.2, 0.25) is 0 Å². The first-order valence-electron chi connectivity index (χ1n) is 15.0. The quantitative estimate of drug-likeness (QED) is 0.248. The number of fused-ring (bicyclic) bond motifs is 1. The largest absolute Gasteiger partial charge is 0.434 e. The van der Waals surface area contributed by atoms with Gasteiger partial charge in [0.2, 0.25) is 0 Å². The maximum atomic E-state index is 15.9. The van der Waals surface area contributed by atoms with E-state index in [2.05, 4.69) is 19.9 Å². The molecule has 1 fully saturated rings. The van der Waals surface area contributed by atoms with E-state index < -0.39 is 34.8 Å². The number of benzene rings is 1. The van der Waals surface area contributed by atoms with E-state index in [1.165, 1.54) is 25.3 Å². The highest BCUT2D eigenvalue weighted by atomic mass is 19.4. The molecule has 14 heteroatoms. The Morgan fingerprint density at radius 3 is 2.35 bits per heavy atom. The van der Waals surface area contributed by atoms with Gasteiger partial charge in [-0.05, 0) is 57.5 Å². The predicted molar refractivity (Wildman–Crippen MR) is 162 cm³/mol. The van der Waals surface area contributed by atoms with E-state index >= 15 is 4.39 Å². The number of nitrogens with two attached hydrogens (primary N) is 1. The van der Waals surface area contributed by atoms with E-state index in [1.807, 2.05) is 0 Å². The zero-order valence-electron chi connectivity index (χ0n) is 25.5. The number of hydrogen-bond donors (Lipinski definition) is 1. The van der Waals surface area contributed by atoms with Crippen molar-refractivity contribution in [2.24, 2.45) is 0 Å². The third-order valence-electron chi connectivity index (χ3n) is 8.96. The van der Waals surface area contributed by atoms with Crippen molar-refractivity contribution in [2.45, 2.75) is 76.6 Å². The lowest BCUT2D eigenvalue weighted by Crippen LogP contribution is -2.54. The molecule has 0 bridgehead atoms. The number of rotatable bonds is 10. The molecular formula is C32H33BF4N6O3. The number of hydrogen-bond acceptors (Lipinski definition) is 8. The molecule has 2 N–H and O–H groups in total. The fraction of sp³-hybridized carbons (Fsp3) is 0.438. The van der Waals surface area contributed by atoms with Crippen molar-refractivity contribution in [1.29, 1.82) is 0 Å². The van der Waals surface area contributed by atoms with Gasteiger partial charge in [0, 0.05) is 60.3 Å². The summed E-state index contributed by atoms with van der Waals surface area (Å²) in [7, 11) is 6.39. The van der Waals surface area contributed by atoms with E-state index in [0.29, 0.717) is 38.2 Å². The third-order valence-corrected chi connectivity index (χ3v) is 8.96. The van der Waals surface area contributed by atoms with Crippen LogP contribution in [0.1, 0.15) is 84.7 Å². The van der Waals surface area contributed by atoms with Crippen LogP contribution in [0, 0.1) is 5.82 Å². The topological polar surface area (TPSA) is 122 Å². The molecule has 9 nitrogen and oxygen atoms in total. The molecule has 46 heavy (non-hydrogen) atoms. The minimum absolute atomic E-state index is 0.00632. The summed E-state index contributed by atoms with van der Waals surface area (Å²) in [5.41, 5.74) is 5.38. The Bertz CT molecular complexity index is 1660. The van der Waals surface area contributed by atoms with Crippen molar-refractivity contribution in [3.63, 3.8) is 0 Å². The molecule has 3 aromatic rings. The number of likely N-dealkylation sites (tertiary alicyclic amines) is 1. The normalized spacial score (nSPS) is 17.2. The Morgan fingerprint density at radius 1 is 1.07 bits per heavy atom. The Hall–Kier alpha value is -4.20. The van der Waals surface area contributed by atoms with Gasteiger partial charge < -0.3 is 10.6 Å². The van der Waals surface area contributed by atoms with Crippen LogP contribution in [-0.4, -0.2) is 68.6 Å². The zero-order chi connectivity index (χ0) is 33.4. The molecule has 1 unspecified atom stereocenters. The van der Waals surface area contributed by atoms with Crippen molar-refractivity contribution in [2.75, 3.05) is 18.8 Å². The standard InChI is InChI=1S/C32H33BF4N6O3/c1-3-21(45)8-11-31(33,18(2)44)43-17-24-22(30(43)46)5-6-23(28(24)34)25-7-4-20(29(38)41-25)16-42-12-9-19(10-13-42)26-14-40-27(15-39-26)32(35,36)37/h4-7,14-15,19H,3,8-13,16-17H2,1-2H3,(H2,38,41). The van der Waals surface area contributed by atoms with Gasteiger partial charge in [-0.15, -0.1) is 0 Å². The average molecular weight is 636 g/mol. The summed E-state index contributed by atoms with van der Waals surface area (Å²) in [6.45, 7) is 4.51. The Morgan fingerprint density at radius 2 is 1.76 bits per heavy atom. The second-order valence-electron chi connectivity index (χ2n) is 11.8. The van der Waals surface area contributed by atoms with Gasteiger partial charge in [0.05, 0.1) is 23.0 Å². The van der Waals surface area contributed by atoms with Gasteiger partial charge in [0.1, 0.15) is 31.0 Å². The predicted octanol–water partition coefficient (Wildman–Crippen LogP) is 4.83. The number of anilines is 1. The van der Waals surface area contributed by atoms with Crippen molar-refractivity contribution >= 4 is 31.1 Å². The van der Waals surface area contributed by atoms with Gasteiger partial charge >= 0.3 is 6.18 Å². The van der Waals surface area contributed by atoms with Gasteiger partial charge in [-0.1, -0.05) is 13.0 Å². The number of piperidine rings is 1. The van der Waals surface area contributed by atoms with Gasteiger partial charge in [0.15, 0.2) is 5.69 Å². The van der Waals surface area contributed by atoms with Gasteiger partial charge in [0.25, 0.3) is 5.91 Å². The highest BCUT2D eigenvalue weighted by Crippen LogP contribution is 2.37. The van der Waals surface area contributed by atoms with E-state index in [-0.39, 0.29) is 65.7 Å². The molecule has 1 amide bonds. The molecule has 2 aliphatic rings. The fourth-order valence-electron chi connectivity index (χ4n) is 5.99. The van der Waals surface area contributed by atoms with Crippen LogP contribution < -0.4 is 5.73 Å². The van der Waals surface area contributed by atoms with Crippen molar-refractivity contribution in [1.82, 2.24) is 24.8 Å². The molecule has 0 spiro atoms. The first-order chi connectivity index (χ1) is 21.7. The summed E-state index contributed by atoms with van der Waals surface area (Å²) >= 11 is 0. The fourth-order valence-corrected chi connectivity index (χ4v) is 5.99. The summed E-state index contributed by atoms with van der Waals surface area (Å²) in [4.78, 5) is 53.0. The molecule has 1 aromatic carbocycles. The van der Waals surface area contributed by atoms with Gasteiger partial charge in [-0.3, -0.25) is 24.3 Å². The van der Waals surface area contributed by atoms with Crippen LogP contribution in [0.5, 0.6) is 0 Å².